The maximum absolute atomic E-state index is 13.8. The summed E-state index contributed by atoms with van der Waals surface area (Å²) in [5.41, 5.74) is 2.75. The monoisotopic (exact) mass is 765 g/mol. The minimum absolute atomic E-state index is 0.0425. The highest BCUT2D eigenvalue weighted by Crippen LogP contribution is 2.42. The SMILES string of the molecule is CNc1ccccc1C(=O)Nc1ccn([C@H]2C[C@H](OC(=O)c3ccccc3NC)[C@@H](COC(c3ccccc3)(c3ccccc3)c3ccc(OC)cc3)O2)c(=O)n1. The average Bonchev–Trinajstić information content (AvgIpc) is 3.66. The fraction of sp³-hybridized carbons (Fsp3) is 0.200. The smallest absolute Gasteiger partial charge is 0.351 e. The Morgan fingerprint density at radius 2 is 1.32 bits per heavy atom. The molecule has 0 unspecified atom stereocenters. The van der Waals surface area contributed by atoms with Gasteiger partial charge in [0.15, 0.2) is 0 Å². The number of para-hydroxylation sites is 2. The Morgan fingerprint density at radius 1 is 0.754 bits per heavy atom. The van der Waals surface area contributed by atoms with Gasteiger partial charge in [-0.2, -0.15) is 4.98 Å². The molecule has 12 heteroatoms. The van der Waals surface area contributed by atoms with Gasteiger partial charge in [0.05, 0.1) is 24.8 Å². The van der Waals surface area contributed by atoms with E-state index < -0.39 is 41.6 Å². The van der Waals surface area contributed by atoms with E-state index in [4.69, 9.17) is 18.9 Å². The van der Waals surface area contributed by atoms with E-state index in [-0.39, 0.29) is 18.8 Å². The number of carbonyl (C=O) groups excluding carboxylic acids is 2. The molecule has 0 aliphatic carbocycles. The van der Waals surface area contributed by atoms with E-state index >= 15 is 0 Å². The molecule has 0 radical (unpaired) electrons. The largest absolute Gasteiger partial charge is 0.497 e. The predicted octanol–water partition coefficient (Wildman–Crippen LogP) is 7.11. The van der Waals surface area contributed by atoms with Gasteiger partial charge in [-0.1, -0.05) is 97.1 Å². The fourth-order valence-electron chi connectivity index (χ4n) is 7.14. The van der Waals surface area contributed by atoms with Gasteiger partial charge in [-0.15, -0.1) is 0 Å². The Bertz CT molecular complexity index is 2330. The molecule has 57 heavy (non-hydrogen) atoms. The highest BCUT2D eigenvalue weighted by Gasteiger charge is 2.44. The highest BCUT2D eigenvalue weighted by atomic mass is 16.6. The highest BCUT2D eigenvalue weighted by molar-refractivity contribution is 6.07. The zero-order valence-corrected chi connectivity index (χ0v) is 31.8. The average molecular weight is 766 g/mol. The summed E-state index contributed by atoms with van der Waals surface area (Å²) < 4.78 is 26.7. The minimum Gasteiger partial charge on any atom is -0.497 e. The van der Waals surface area contributed by atoms with Gasteiger partial charge in [0.2, 0.25) is 0 Å². The molecule has 290 valence electrons. The van der Waals surface area contributed by atoms with Crippen molar-refractivity contribution in [3.63, 3.8) is 0 Å². The third-order valence-electron chi connectivity index (χ3n) is 10.00. The van der Waals surface area contributed by atoms with Gasteiger partial charge in [0.25, 0.3) is 5.91 Å². The fourth-order valence-corrected chi connectivity index (χ4v) is 7.14. The van der Waals surface area contributed by atoms with Gasteiger partial charge in [-0.05, 0) is 59.2 Å². The standard InChI is InChI=1S/C45H43N5O7/c1-46-36-20-12-10-18-34(36)42(51)48-40-26-27-50(44(53)49-40)41-28-38(57-43(52)35-19-11-13-21-37(35)47-2)39(56-41)29-55-45(30-14-6-4-7-15-30,31-16-8-5-9-17-31)32-22-24-33(54-3)25-23-32/h4-27,38-39,41,46-47H,28-29H2,1-3H3,(H,48,49,51,53)/t38-,39+,41+/m0/s1. The number of amides is 1. The molecule has 1 fully saturated rings. The van der Waals surface area contributed by atoms with Crippen LogP contribution in [0.2, 0.25) is 0 Å². The number of methoxy groups -OCH3 is 1. The second kappa shape index (κ2) is 17.4. The molecule has 2 heterocycles. The number of benzene rings is 5. The van der Waals surface area contributed by atoms with E-state index in [9.17, 15) is 14.4 Å². The number of carbonyl (C=O) groups is 2. The summed E-state index contributed by atoms with van der Waals surface area (Å²) in [6, 6.07) is 43.0. The number of nitrogens with one attached hydrogen (secondary N) is 3. The zero-order valence-electron chi connectivity index (χ0n) is 31.8. The lowest BCUT2D eigenvalue weighted by atomic mass is 9.80. The number of aromatic nitrogens is 2. The van der Waals surface area contributed by atoms with Crippen molar-refractivity contribution < 1.29 is 28.5 Å². The van der Waals surface area contributed by atoms with Crippen LogP contribution >= 0.6 is 0 Å². The number of hydrogen-bond acceptors (Lipinski definition) is 10. The molecule has 1 aliphatic heterocycles. The van der Waals surface area contributed by atoms with Crippen LogP contribution in [0.25, 0.3) is 0 Å². The van der Waals surface area contributed by atoms with E-state index in [1.807, 2.05) is 97.1 Å². The van der Waals surface area contributed by atoms with E-state index in [0.29, 0.717) is 28.3 Å². The predicted molar refractivity (Wildman–Crippen MR) is 218 cm³/mol. The zero-order chi connectivity index (χ0) is 39.8. The van der Waals surface area contributed by atoms with Gasteiger partial charge >= 0.3 is 11.7 Å². The molecular formula is C45H43N5O7. The number of hydrogen-bond donors (Lipinski definition) is 3. The molecule has 1 aromatic heterocycles. The van der Waals surface area contributed by atoms with Crippen LogP contribution in [-0.2, 0) is 19.8 Å². The third-order valence-corrected chi connectivity index (χ3v) is 10.00. The second-order valence-corrected chi connectivity index (χ2v) is 13.3. The topological polar surface area (TPSA) is 142 Å². The summed E-state index contributed by atoms with van der Waals surface area (Å²) in [7, 11) is 5.07. The number of ether oxygens (including phenoxy) is 4. The lowest BCUT2D eigenvalue weighted by Gasteiger charge is -2.37. The van der Waals surface area contributed by atoms with Crippen LogP contribution in [0.5, 0.6) is 5.75 Å². The Hall–Kier alpha value is -6.76. The summed E-state index contributed by atoms with van der Waals surface area (Å²) >= 11 is 0. The summed E-state index contributed by atoms with van der Waals surface area (Å²) in [5, 5.41) is 8.74. The Balaban J connectivity index is 1.22. The molecule has 0 bridgehead atoms. The van der Waals surface area contributed by atoms with Crippen molar-refractivity contribution in [2.24, 2.45) is 0 Å². The number of anilines is 3. The molecule has 6 aromatic rings. The Kier molecular flexibility index (Phi) is 11.7. The maximum atomic E-state index is 13.8. The van der Waals surface area contributed by atoms with Crippen LogP contribution in [0.15, 0.2) is 151 Å². The Morgan fingerprint density at radius 3 is 1.91 bits per heavy atom. The first kappa shape index (κ1) is 38.5. The molecule has 1 amide bonds. The lowest BCUT2D eigenvalue weighted by molar-refractivity contribution is -0.0967. The van der Waals surface area contributed by atoms with Crippen LogP contribution in [0, 0.1) is 0 Å². The van der Waals surface area contributed by atoms with Crippen molar-refractivity contribution in [1.29, 1.82) is 0 Å². The third kappa shape index (κ3) is 8.13. The molecule has 7 rings (SSSR count). The van der Waals surface area contributed by atoms with E-state index in [1.54, 1.807) is 57.6 Å². The van der Waals surface area contributed by atoms with E-state index in [1.165, 1.54) is 16.8 Å². The van der Waals surface area contributed by atoms with Crippen molar-refractivity contribution >= 4 is 29.1 Å². The Labute approximate surface area is 330 Å². The minimum atomic E-state index is -1.13. The van der Waals surface area contributed by atoms with Crippen molar-refractivity contribution in [2.45, 2.75) is 30.5 Å². The summed E-state index contributed by atoms with van der Waals surface area (Å²) in [6.07, 6.45) is -0.911. The molecule has 1 aliphatic rings. The quantitative estimate of drug-likeness (QED) is 0.0776. The maximum Gasteiger partial charge on any atom is 0.351 e. The summed E-state index contributed by atoms with van der Waals surface area (Å²) in [6.45, 7) is -0.0425. The number of esters is 1. The van der Waals surface area contributed by atoms with Crippen molar-refractivity contribution in [2.75, 3.05) is 43.8 Å². The van der Waals surface area contributed by atoms with Crippen molar-refractivity contribution in [3.05, 3.63) is 184 Å². The molecule has 12 nitrogen and oxygen atoms in total. The van der Waals surface area contributed by atoms with Crippen LogP contribution in [0.3, 0.4) is 0 Å². The van der Waals surface area contributed by atoms with Crippen LogP contribution < -0.4 is 26.4 Å². The molecule has 0 saturated carbocycles. The van der Waals surface area contributed by atoms with Crippen molar-refractivity contribution in [1.82, 2.24) is 9.55 Å². The van der Waals surface area contributed by atoms with Gasteiger partial charge in [-0.3, -0.25) is 9.36 Å². The van der Waals surface area contributed by atoms with Gasteiger partial charge < -0.3 is 34.9 Å². The first-order chi connectivity index (χ1) is 27.8. The number of nitrogens with zero attached hydrogens (tertiary/aromatic N) is 2. The van der Waals surface area contributed by atoms with Gasteiger partial charge in [0.1, 0.15) is 35.6 Å². The molecule has 3 N–H and O–H groups in total. The van der Waals surface area contributed by atoms with E-state index in [0.717, 1.165) is 16.7 Å². The van der Waals surface area contributed by atoms with E-state index in [2.05, 4.69) is 20.9 Å². The van der Waals surface area contributed by atoms with Crippen LogP contribution in [0.4, 0.5) is 17.2 Å². The van der Waals surface area contributed by atoms with Crippen LogP contribution in [0.1, 0.15) is 50.1 Å². The molecule has 5 aromatic carbocycles. The van der Waals surface area contributed by atoms with Crippen LogP contribution in [-0.4, -0.2) is 61.4 Å². The lowest BCUT2D eigenvalue weighted by Crippen LogP contribution is -2.39. The first-order valence-electron chi connectivity index (χ1n) is 18.5. The molecule has 0 spiro atoms. The first-order valence-corrected chi connectivity index (χ1v) is 18.5. The van der Waals surface area contributed by atoms with Gasteiger partial charge in [-0.25, -0.2) is 9.59 Å². The normalized spacial score (nSPS) is 16.4. The van der Waals surface area contributed by atoms with Crippen molar-refractivity contribution in [3.8, 4) is 5.75 Å². The van der Waals surface area contributed by atoms with Gasteiger partial charge in [0, 0.05) is 38.1 Å². The summed E-state index contributed by atoms with van der Waals surface area (Å²) in [5.74, 6) is -0.217. The second-order valence-electron chi connectivity index (χ2n) is 13.3. The molecule has 3 atom stereocenters. The molecule has 1 saturated heterocycles. The summed E-state index contributed by atoms with van der Waals surface area (Å²) in [4.78, 5) is 44.6. The molecular weight excluding hydrogens is 723 g/mol. The number of rotatable bonds is 14.